The molecule has 2 amide bonds. The van der Waals surface area contributed by atoms with E-state index in [-0.39, 0.29) is 24.4 Å². The Kier molecular flexibility index (Phi) is 6.92. The molecule has 8 nitrogen and oxygen atoms in total. The molecule has 1 aliphatic heterocycles. The van der Waals surface area contributed by atoms with Gasteiger partial charge < -0.3 is 14.8 Å². The summed E-state index contributed by atoms with van der Waals surface area (Å²) in [4.78, 5) is 24.8. The summed E-state index contributed by atoms with van der Waals surface area (Å²) in [5, 5.41) is 14.1. The van der Waals surface area contributed by atoms with E-state index in [0.29, 0.717) is 33.1 Å². The van der Waals surface area contributed by atoms with Gasteiger partial charge in [-0.25, -0.2) is 0 Å². The van der Waals surface area contributed by atoms with E-state index in [1.54, 1.807) is 12.1 Å². The first-order valence-corrected chi connectivity index (χ1v) is 12.5. The molecule has 2 N–H and O–H groups in total. The molecule has 0 aliphatic carbocycles. The van der Waals surface area contributed by atoms with E-state index >= 15 is 0 Å². The number of benzene rings is 3. The lowest BCUT2D eigenvalue weighted by atomic mass is 10.0. The monoisotopic (exact) mass is 504 g/mol. The van der Waals surface area contributed by atoms with Crippen molar-refractivity contribution in [1.29, 1.82) is 0 Å². The molecule has 10 heteroatoms. The summed E-state index contributed by atoms with van der Waals surface area (Å²) in [6, 6.07) is 22.9. The molecule has 4 aromatic rings. The van der Waals surface area contributed by atoms with Crippen molar-refractivity contribution in [3.63, 3.8) is 0 Å². The van der Waals surface area contributed by atoms with E-state index in [0.717, 1.165) is 16.7 Å². The van der Waals surface area contributed by atoms with Gasteiger partial charge in [0.1, 0.15) is 0 Å². The zero-order chi connectivity index (χ0) is 24.0. The average molecular weight is 505 g/mol. The molecule has 1 aromatic heterocycles. The predicted molar refractivity (Wildman–Crippen MR) is 135 cm³/mol. The van der Waals surface area contributed by atoms with Gasteiger partial charge in [0.25, 0.3) is 5.91 Å². The number of carbonyl (C=O) groups excluding carboxylic acids is 2. The maximum atomic E-state index is 12.6. The van der Waals surface area contributed by atoms with Crippen LogP contribution in [-0.4, -0.2) is 34.6 Å². The number of fused-ring (bicyclic) bond motifs is 1. The van der Waals surface area contributed by atoms with E-state index in [4.69, 9.17) is 9.47 Å². The van der Waals surface area contributed by atoms with Crippen LogP contribution in [0.15, 0.2) is 77.1 Å². The highest BCUT2D eigenvalue weighted by Gasteiger charge is 2.14. The molecule has 0 bridgehead atoms. The summed E-state index contributed by atoms with van der Waals surface area (Å²) < 4.78 is 11.2. The maximum Gasteiger partial charge on any atom is 0.257 e. The molecule has 0 fully saturated rings. The first-order valence-electron chi connectivity index (χ1n) is 10.7. The largest absolute Gasteiger partial charge is 0.454 e. The van der Waals surface area contributed by atoms with Gasteiger partial charge in [-0.15, -0.1) is 10.2 Å². The molecule has 1 aliphatic rings. The van der Waals surface area contributed by atoms with Crippen LogP contribution in [0.2, 0.25) is 0 Å². The zero-order valence-electron chi connectivity index (χ0n) is 18.4. The van der Waals surface area contributed by atoms with E-state index in [1.807, 2.05) is 60.7 Å². The van der Waals surface area contributed by atoms with Gasteiger partial charge in [0.05, 0.1) is 5.75 Å². The minimum atomic E-state index is -0.265. The third kappa shape index (κ3) is 5.79. The standard InChI is InChI=1S/C25H20N4O4S2/c30-22(26-13-16-6-11-20-21(12-16)33-15-32-20)14-34-25-29-28-24(35-25)27-23(31)19-9-7-18(8-10-19)17-4-2-1-3-5-17/h1-12H,13-15H2,(H,26,30)(H,27,28,31). The van der Waals surface area contributed by atoms with Crippen LogP contribution in [0.5, 0.6) is 11.5 Å². The van der Waals surface area contributed by atoms with Crippen LogP contribution in [0.1, 0.15) is 15.9 Å². The summed E-state index contributed by atoms with van der Waals surface area (Å²) in [5.74, 6) is 1.18. The van der Waals surface area contributed by atoms with Gasteiger partial charge >= 0.3 is 0 Å². The van der Waals surface area contributed by atoms with Gasteiger partial charge in [-0.05, 0) is 41.0 Å². The van der Waals surface area contributed by atoms with E-state index in [2.05, 4.69) is 20.8 Å². The topological polar surface area (TPSA) is 102 Å². The molecule has 2 heterocycles. The van der Waals surface area contributed by atoms with Crippen molar-refractivity contribution in [2.45, 2.75) is 10.9 Å². The number of nitrogens with one attached hydrogen (secondary N) is 2. The first-order chi connectivity index (χ1) is 17.1. The first kappa shape index (κ1) is 22.9. The Morgan fingerprint density at radius 1 is 0.914 bits per heavy atom. The highest BCUT2D eigenvalue weighted by molar-refractivity contribution is 8.01. The number of aromatic nitrogens is 2. The average Bonchev–Trinajstić information content (AvgIpc) is 3.56. The number of hydrogen-bond acceptors (Lipinski definition) is 8. The van der Waals surface area contributed by atoms with Gasteiger partial charge in [0.2, 0.25) is 17.8 Å². The number of hydrogen-bond donors (Lipinski definition) is 2. The molecule has 0 saturated heterocycles. The number of thioether (sulfide) groups is 1. The molecular weight excluding hydrogens is 484 g/mol. The minimum absolute atomic E-state index is 0.132. The number of amides is 2. The van der Waals surface area contributed by atoms with Crippen molar-refractivity contribution < 1.29 is 19.1 Å². The van der Waals surface area contributed by atoms with Crippen LogP contribution < -0.4 is 20.1 Å². The third-order valence-corrected chi connectivity index (χ3v) is 7.11. The van der Waals surface area contributed by atoms with Crippen LogP contribution >= 0.6 is 23.1 Å². The van der Waals surface area contributed by atoms with Crippen LogP contribution in [0.25, 0.3) is 11.1 Å². The number of nitrogens with zero attached hydrogens (tertiary/aromatic N) is 2. The Labute approximate surface area is 209 Å². The van der Waals surface area contributed by atoms with Crippen LogP contribution in [0.3, 0.4) is 0 Å². The highest BCUT2D eigenvalue weighted by atomic mass is 32.2. The maximum absolute atomic E-state index is 12.6. The molecule has 176 valence electrons. The summed E-state index contributed by atoms with van der Waals surface area (Å²) in [6.45, 7) is 0.600. The second-order valence-corrected chi connectivity index (χ2v) is 9.72. The van der Waals surface area contributed by atoms with Crippen molar-refractivity contribution >= 4 is 40.0 Å². The molecule has 0 unspecified atom stereocenters. The van der Waals surface area contributed by atoms with Crippen molar-refractivity contribution in [2.75, 3.05) is 17.9 Å². The van der Waals surface area contributed by atoms with Crippen LogP contribution in [-0.2, 0) is 11.3 Å². The molecule has 5 rings (SSSR count). The van der Waals surface area contributed by atoms with Gasteiger partial charge in [-0.2, -0.15) is 0 Å². The Balaban J connectivity index is 1.09. The molecule has 0 saturated carbocycles. The normalized spacial score (nSPS) is 11.8. The van der Waals surface area contributed by atoms with Crippen molar-refractivity contribution in [2.24, 2.45) is 0 Å². The van der Waals surface area contributed by atoms with E-state index in [1.165, 1.54) is 23.1 Å². The Bertz CT molecular complexity index is 1340. The van der Waals surface area contributed by atoms with E-state index in [9.17, 15) is 9.59 Å². The summed E-state index contributed by atoms with van der Waals surface area (Å²) in [5.41, 5.74) is 3.57. The lowest BCUT2D eigenvalue weighted by Gasteiger charge is -2.05. The predicted octanol–water partition coefficient (Wildman–Crippen LogP) is 4.59. The lowest BCUT2D eigenvalue weighted by molar-refractivity contribution is -0.118. The smallest absolute Gasteiger partial charge is 0.257 e. The van der Waals surface area contributed by atoms with Gasteiger partial charge in [-0.1, -0.05) is 71.6 Å². The molecular formula is C25H20N4O4S2. The molecule has 0 atom stereocenters. The van der Waals surface area contributed by atoms with Gasteiger partial charge in [0.15, 0.2) is 15.8 Å². The summed E-state index contributed by atoms with van der Waals surface area (Å²) >= 11 is 2.49. The number of ether oxygens (including phenoxy) is 2. The SMILES string of the molecule is O=C(CSc1nnc(NC(=O)c2ccc(-c3ccccc3)cc2)s1)NCc1ccc2c(c1)OCO2. The molecule has 0 spiro atoms. The zero-order valence-corrected chi connectivity index (χ0v) is 20.0. The number of carbonyl (C=O) groups is 2. The Morgan fingerprint density at radius 3 is 2.51 bits per heavy atom. The van der Waals surface area contributed by atoms with Crippen LogP contribution in [0.4, 0.5) is 5.13 Å². The van der Waals surface area contributed by atoms with Crippen molar-refractivity contribution in [3.8, 4) is 22.6 Å². The number of rotatable bonds is 8. The summed E-state index contributed by atoms with van der Waals surface area (Å²) in [7, 11) is 0. The quantitative estimate of drug-likeness (QED) is 0.267. The molecule has 0 radical (unpaired) electrons. The number of anilines is 1. The fraction of sp³-hybridized carbons (Fsp3) is 0.120. The minimum Gasteiger partial charge on any atom is -0.454 e. The van der Waals surface area contributed by atoms with Crippen molar-refractivity contribution in [3.05, 3.63) is 83.9 Å². The second kappa shape index (κ2) is 10.6. The molecule has 3 aromatic carbocycles. The molecule has 35 heavy (non-hydrogen) atoms. The van der Waals surface area contributed by atoms with E-state index < -0.39 is 0 Å². The lowest BCUT2D eigenvalue weighted by Crippen LogP contribution is -2.24. The summed E-state index contributed by atoms with van der Waals surface area (Å²) in [6.07, 6.45) is 0. The van der Waals surface area contributed by atoms with Gasteiger partial charge in [-0.3, -0.25) is 14.9 Å². The third-order valence-electron chi connectivity index (χ3n) is 5.13. The second-order valence-electron chi connectivity index (χ2n) is 7.52. The Hall–Kier alpha value is -3.89. The van der Waals surface area contributed by atoms with Gasteiger partial charge in [0, 0.05) is 12.1 Å². The van der Waals surface area contributed by atoms with Crippen molar-refractivity contribution in [1.82, 2.24) is 15.5 Å². The van der Waals surface area contributed by atoms with Crippen LogP contribution in [0, 0.1) is 0 Å². The highest BCUT2D eigenvalue weighted by Crippen LogP contribution is 2.32. The Morgan fingerprint density at radius 2 is 1.69 bits per heavy atom. The fourth-order valence-electron chi connectivity index (χ4n) is 3.36. The fourth-order valence-corrected chi connectivity index (χ4v) is 4.94.